The van der Waals surface area contributed by atoms with E-state index in [4.69, 9.17) is 9.26 Å². The minimum Gasteiger partial charge on any atom is -0.493 e. The van der Waals surface area contributed by atoms with Crippen LogP contribution in [0.25, 0.3) is 0 Å². The summed E-state index contributed by atoms with van der Waals surface area (Å²) in [4.78, 5) is 44.1. The number of para-hydroxylation sites is 1. The van der Waals surface area contributed by atoms with Crippen molar-refractivity contribution < 1.29 is 23.6 Å². The van der Waals surface area contributed by atoms with E-state index in [0.717, 1.165) is 19.3 Å². The van der Waals surface area contributed by atoms with E-state index in [1.807, 2.05) is 6.07 Å². The monoisotopic (exact) mass is 484 g/mol. The number of benzene rings is 1. The summed E-state index contributed by atoms with van der Waals surface area (Å²) >= 11 is 0. The van der Waals surface area contributed by atoms with Gasteiger partial charge >= 0.3 is 0 Å². The van der Waals surface area contributed by atoms with Gasteiger partial charge in [-0.2, -0.15) is 0 Å². The summed E-state index contributed by atoms with van der Waals surface area (Å²) in [6, 6.07) is 8.21. The van der Waals surface area contributed by atoms with Crippen molar-refractivity contribution in [3.63, 3.8) is 0 Å². The Morgan fingerprint density at radius 3 is 2.66 bits per heavy atom. The lowest BCUT2D eigenvalue weighted by Gasteiger charge is -2.31. The fourth-order valence-electron chi connectivity index (χ4n) is 4.21. The van der Waals surface area contributed by atoms with Crippen LogP contribution in [-0.4, -0.2) is 84.5 Å². The molecule has 0 saturated heterocycles. The summed E-state index contributed by atoms with van der Waals surface area (Å²) in [5.41, 5.74) is 0.742. The average Bonchev–Trinajstić information content (AvgIpc) is 3.30. The first-order valence-electron chi connectivity index (χ1n) is 12.2. The van der Waals surface area contributed by atoms with Crippen LogP contribution in [0.15, 0.2) is 34.9 Å². The molecule has 0 fully saturated rings. The van der Waals surface area contributed by atoms with Gasteiger partial charge in [-0.15, -0.1) is 0 Å². The molecule has 3 amide bonds. The van der Waals surface area contributed by atoms with Crippen LogP contribution in [0.4, 0.5) is 0 Å². The first-order valence-corrected chi connectivity index (χ1v) is 12.2. The van der Waals surface area contributed by atoms with Gasteiger partial charge in [0.1, 0.15) is 17.6 Å². The summed E-state index contributed by atoms with van der Waals surface area (Å²) in [6.45, 7) is 3.43. The van der Waals surface area contributed by atoms with Gasteiger partial charge in [0.15, 0.2) is 5.69 Å². The zero-order valence-electron chi connectivity index (χ0n) is 21.2. The highest BCUT2D eigenvalue weighted by Crippen LogP contribution is 2.23. The molecule has 0 aliphatic carbocycles. The van der Waals surface area contributed by atoms with Crippen LogP contribution in [-0.2, 0) is 4.79 Å². The van der Waals surface area contributed by atoms with Crippen molar-refractivity contribution >= 4 is 17.7 Å². The van der Waals surface area contributed by atoms with E-state index in [1.165, 1.54) is 4.90 Å². The van der Waals surface area contributed by atoms with E-state index in [1.54, 1.807) is 62.1 Å². The number of hydrogen-bond acceptors (Lipinski definition) is 6. The number of ether oxygens (including phenoxy) is 1. The Morgan fingerprint density at radius 1 is 1.14 bits per heavy atom. The molecule has 0 saturated carbocycles. The lowest BCUT2D eigenvalue weighted by atomic mass is 10.0. The summed E-state index contributed by atoms with van der Waals surface area (Å²) in [7, 11) is 5.19. The number of unbranched alkanes of at least 4 members (excludes halogenated alkanes) is 1. The zero-order valence-corrected chi connectivity index (χ0v) is 21.2. The fourth-order valence-corrected chi connectivity index (χ4v) is 4.21. The van der Waals surface area contributed by atoms with Crippen LogP contribution in [0.3, 0.4) is 0 Å². The third-order valence-corrected chi connectivity index (χ3v) is 6.38. The Balaban J connectivity index is 1.68. The maximum Gasteiger partial charge on any atom is 0.275 e. The molecule has 1 aromatic heterocycles. The molecule has 9 heteroatoms. The van der Waals surface area contributed by atoms with Crippen molar-refractivity contribution in [3.8, 4) is 5.75 Å². The van der Waals surface area contributed by atoms with Gasteiger partial charge < -0.3 is 24.0 Å². The van der Waals surface area contributed by atoms with Crippen LogP contribution in [0.1, 0.15) is 65.1 Å². The number of carbonyl (C=O) groups is 3. The molecule has 190 valence electrons. The van der Waals surface area contributed by atoms with Crippen LogP contribution >= 0.6 is 0 Å². The van der Waals surface area contributed by atoms with Crippen molar-refractivity contribution in [2.75, 3.05) is 40.8 Å². The van der Waals surface area contributed by atoms with Crippen molar-refractivity contribution in [3.05, 3.63) is 47.3 Å². The zero-order chi connectivity index (χ0) is 25.4. The van der Waals surface area contributed by atoms with Crippen LogP contribution in [0.5, 0.6) is 5.75 Å². The van der Waals surface area contributed by atoms with Crippen molar-refractivity contribution in [1.29, 1.82) is 0 Å². The number of aryl methyl sites for hydroxylation is 1. The molecule has 35 heavy (non-hydrogen) atoms. The molecular formula is C26H36N4O5. The molecular weight excluding hydrogens is 448 g/mol. The van der Waals surface area contributed by atoms with Crippen molar-refractivity contribution in [1.82, 2.24) is 19.9 Å². The van der Waals surface area contributed by atoms with Gasteiger partial charge in [0.05, 0.1) is 12.2 Å². The smallest absolute Gasteiger partial charge is 0.275 e. The molecule has 2 heterocycles. The highest BCUT2D eigenvalue weighted by Gasteiger charge is 2.31. The lowest BCUT2D eigenvalue weighted by Crippen LogP contribution is -2.48. The molecule has 0 unspecified atom stereocenters. The average molecular weight is 485 g/mol. The molecule has 1 aliphatic heterocycles. The van der Waals surface area contributed by atoms with Crippen LogP contribution < -0.4 is 4.74 Å². The predicted octanol–water partition coefficient (Wildman–Crippen LogP) is 3.39. The van der Waals surface area contributed by atoms with Gasteiger partial charge in [0.2, 0.25) is 5.91 Å². The normalized spacial score (nSPS) is 17.7. The first-order chi connectivity index (χ1) is 16.8. The minimum atomic E-state index is -0.597. The summed E-state index contributed by atoms with van der Waals surface area (Å²) in [5, 5.41) is 3.78. The Morgan fingerprint density at radius 2 is 1.91 bits per heavy atom. The number of aromatic nitrogens is 1. The van der Waals surface area contributed by atoms with Crippen molar-refractivity contribution in [2.45, 2.75) is 51.5 Å². The molecule has 3 rings (SSSR count). The van der Waals surface area contributed by atoms with E-state index >= 15 is 0 Å². The largest absolute Gasteiger partial charge is 0.493 e. The third kappa shape index (κ3) is 6.83. The van der Waals surface area contributed by atoms with E-state index in [-0.39, 0.29) is 23.4 Å². The quantitative estimate of drug-likeness (QED) is 0.583. The number of hydrogen-bond donors (Lipinski definition) is 0. The van der Waals surface area contributed by atoms with Gasteiger partial charge in [0, 0.05) is 40.3 Å². The highest BCUT2D eigenvalue weighted by molar-refractivity contribution is 5.99. The molecule has 1 atom stereocenters. The Labute approximate surface area is 207 Å². The van der Waals surface area contributed by atoms with Gasteiger partial charge in [-0.25, -0.2) is 0 Å². The van der Waals surface area contributed by atoms with Gasteiger partial charge in [-0.05, 0) is 57.6 Å². The van der Waals surface area contributed by atoms with Gasteiger partial charge in [-0.1, -0.05) is 17.3 Å². The predicted molar refractivity (Wildman–Crippen MR) is 131 cm³/mol. The Hall–Kier alpha value is -3.36. The molecule has 0 radical (unpaired) electrons. The minimum absolute atomic E-state index is 0.0685. The summed E-state index contributed by atoms with van der Waals surface area (Å²) in [5.74, 6) is 0.624. The molecule has 2 aromatic rings. The van der Waals surface area contributed by atoms with Gasteiger partial charge in [-0.3, -0.25) is 14.4 Å². The molecule has 1 aliphatic rings. The third-order valence-electron chi connectivity index (χ3n) is 6.38. The van der Waals surface area contributed by atoms with E-state index in [2.05, 4.69) is 5.16 Å². The lowest BCUT2D eigenvalue weighted by molar-refractivity contribution is -0.134. The summed E-state index contributed by atoms with van der Waals surface area (Å²) < 4.78 is 10.9. The fraction of sp³-hybridized carbons (Fsp3) is 0.538. The highest BCUT2D eigenvalue weighted by atomic mass is 16.5. The number of nitrogens with zero attached hydrogens (tertiary/aromatic N) is 4. The van der Waals surface area contributed by atoms with Crippen LogP contribution in [0.2, 0.25) is 0 Å². The number of rotatable bonds is 6. The maximum atomic E-state index is 13.4. The van der Waals surface area contributed by atoms with Gasteiger partial charge in [0.25, 0.3) is 11.8 Å². The van der Waals surface area contributed by atoms with E-state index in [9.17, 15) is 14.4 Å². The number of carbonyl (C=O) groups excluding carboxylic acids is 3. The number of likely N-dealkylation sites (N-methyl/N-ethyl adjacent to an activating group) is 2. The molecule has 1 aromatic carbocycles. The molecule has 0 bridgehead atoms. The second-order valence-corrected chi connectivity index (χ2v) is 9.14. The number of amides is 3. The first kappa shape index (κ1) is 26.2. The van der Waals surface area contributed by atoms with Crippen molar-refractivity contribution in [2.24, 2.45) is 0 Å². The second kappa shape index (κ2) is 12.4. The van der Waals surface area contributed by atoms with Crippen LogP contribution in [0, 0.1) is 6.92 Å². The summed E-state index contributed by atoms with van der Waals surface area (Å²) in [6.07, 6.45) is 4.55. The second-order valence-electron chi connectivity index (χ2n) is 9.14. The standard InChI is InChI=1S/C26H36N4O5/c1-19-18-21(27-35-19)25(32)28(2)16-10-8-13-22-26(33)29(3)15-9-5-11-17-34-23-14-7-6-12-20(23)24(31)30(22)4/h6-7,12,14,18,22H,5,8-11,13,15-17H2,1-4H3/t22-/m0/s1. The molecule has 0 N–H and O–H groups in total. The SMILES string of the molecule is Cc1cc(C(=O)N(C)CCCC[C@H]2C(=O)N(C)CCCCCOc3ccccc3C(=O)N2C)no1. The molecule has 0 spiro atoms. The topological polar surface area (TPSA) is 96.2 Å². The molecule has 9 nitrogen and oxygen atoms in total. The number of fused-ring (bicyclic) bond motifs is 1. The Bertz CT molecular complexity index is 1020. The Kier molecular flexibility index (Phi) is 9.28. The van der Waals surface area contributed by atoms with E-state index in [0.29, 0.717) is 56.0 Å². The van der Waals surface area contributed by atoms with E-state index < -0.39 is 6.04 Å². The maximum absolute atomic E-state index is 13.4.